The molecule has 100 valence electrons. The predicted molar refractivity (Wildman–Crippen MR) is 73.9 cm³/mol. The van der Waals surface area contributed by atoms with Gasteiger partial charge >= 0.3 is 0 Å². The summed E-state index contributed by atoms with van der Waals surface area (Å²) in [4.78, 5) is 19.6. The van der Waals surface area contributed by atoms with Crippen LogP contribution in [0.5, 0.6) is 0 Å². The van der Waals surface area contributed by atoms with Crippen molar-refractivity contribution in [2.75, 3.05) is 19.6 Å². The molecule has 1 aliphatic heterocycles. The van der Waals surface area contributed by atoms with E-state index in [1.165, 1.54) is 11.3 Å². The summed E-state index contributed by atoms with van der Waals surface area (Å²) >= 11 is 1.45. The van der Waals surface area contributed by atoms with Gasteiger partial charge in [0.05, 0.1) is 11.2 Å². The molecule has 18 heavy (non-hydrogen) atoms. The quantitative estimate of drug-likeness (QED) is 0.889. The summed E-state index contributed by atoms with van der Waals surface area (Å²) in [5, 5.41) is 0. The van der Waals surface area contributed by atoms with E-state index in [-0.39, 0.29) is 11.3 Å². The maximum atomic E-state index is 12.5. The second-order valence-electron chi connectivity index (χ2n) is 5.92. The van der Waals surface area contributed by atoms with Crippen LogP contribution >= 0.6 is 11.3 Å². The fourth-order valence-corrected chi connectivity index (χ4v) is 3.25. The highest BCUT2D eigenvalue weighted by Crippen LogP contribution is 2.29. The average Bonchev–Trinajstić information content (AvgIpc) is 2.96. The summed E-state index contributed by atoms with van der Waals surface area (Å²) in [6.45, 7) is 8.54. The van der Waals surface area contributed by atoms with Crippen molar-refractivity contribution in [3.05, 3.63) is 16.1 Å². The van der Waals surface area contributed by atoms with Gasteiger partial charge in [0.15, 0.2) is 0 Å². The lowest BCUT2D eigenvalue weighted by atomic mass is 9.91. The lowest BCUT2D eigenvalue weighted by molar-refractivity contribution is 0.0789. The third-order valence-corrected chi connectivity index (χ3v) is 4.19. The predicted octanol–water partition coefficient (Wildman–Crippen LogP) is 1.86. The molecule has 0 radical (unpaired) electrons. The molecule has 1 saturated heterocycles. The molecule has 0 bridgehead atoms. The molecule has 0 unspecified atom stereocenters. The van der Waals surface area contributed by atoms with Crippen molar-refractivity contribution in [2.24, 2.45) is 11.7 Å². The highest BCUT2D eigenvalue weighted by molar-refractivity contribution is 7.11. The van der Waals surface area contributed by atoms with E-state index < -0.39 is 0 Å². The molecule has 2 rings (SSSR count). The zero-order chi connectivity index (χ0) is 13.3. The Morgan fingerprint density at radius 1 is 1.61 bits per heavy atom. The van der Waals surface area contributed by atoms with E-state index in [4.69, 9.17) is 5.73 Å². The van der Waals surface area contributed by atoms with Gasteiger partial charge in [-0.3, -0.25) is 4.79 Å². The van der Waals surface area contributed by atoms with Gasteiger partial charge in [0.25, 0.3) is 5.91 Å². The van der Waals surface area contributed by atoms with Crippen LogP contribution < -0.4 is 5.73 Å². The van der Waals surface area contributed by atoms with Crippen LogP contribution in [-0.2, 0) is 5.41 Å². The first-order valence-corrected chi connectivity index (χ1v) is 7.24. The summed E-state index contributed by atoms with van der Waals surface area (Å²) in [5.74, 6) is 0.582. The summed E-state index contributed by atoms with van der Waals surface area (Å²) in [6, 6.07) is 0. The molecule has 1 fully saturated rings. The molecule has 5 heteroatoms. The molecule has 0 aliphatic carbocycles. The van der Waals surface area contributed by atoms with Crippen molar-refractivity contribution >= 4 is 17.2 Å². The van der Waals surface area contributed by atoms with Crippen molar-refractivity contribution in [2.45, 2.75) is 32.6 Å². The first kappa shape index (κ1) is 13.5. The molecule has 2 N–H and O–H groups in total. The lowest BCUT2D eigenvalue weighted by Gasteiger charge is -2.20. The molecule has 1 aromatic rings. The number of thiazole rings is 1. The normalized spacial score (nSPS) is 20.4. The van der Waals surface area contributed by atoms with Crippen molar-refractivity contribution in [1.82, 2.24) is 9.88 Å². The van der Waals surface area contributed by atoms with Crippen molar-refractivity contribution in [1.29, 1.82) is 0 Å². The number of hydrogen-bond acceptors (Lipinski definition) is 4. The van der Waals surface area contributed by atoms with Gasteiger partial charge in [0.2, 0.25) is 0 Å². The van der Waals surface area contributed by atoms with Gasteiger partial charge in [0.1, 0.15) is 4.88 Å². The van der Waals surface area contributed by atoms with Crippen LogP contribution in [0.15, 0.2) is 5.51 Å². The highest BCUT2D eigenvalue weighted by Gasteiger charge is 2.31. The van der Waals surface area contributed by atoms with Gasteiger partial charge in [0, 0.05) is 18.5 Å². The number of carbonyl (C=O) groups is 1. The fraction of sp³-hybridized carbons (Fsp3) is 0.692. The molecule has 0 spiro atoms. The largest absolute Gasteiger partial charge is 0.338 e. The average molecular weight is 267 g/mol. The van der Waals surface area contributed by atoms with Gasteiger partial charge in [-0.05, 0) is 18.9 Å². The van der Waals surface area contributed by atoms with Gasteiger partial charge < -0.3 is 10.6 Å². The Kier molecular flexibility index (Phi) is 3.73. The Bertz CT molecular complexity index is 436. The Balaban J connectivity index is 2.18. The number of likely N-dealkylation sites (tertiary alicyclic amines) is 1. The highest BCUT2D eigenvalue weighted by atomic mass is 32.1. The molecule has 2 heterocycles. The first-order valence-electron chi connectivity index (χ1n) is 6.36. The standard InChI is InChI=1S/C13H21N3OS/c1-13(2,3)11-10(18-8-15-11)12(17)16-5-4-9(6-14)7-16/h8-9H,4-7,14H2,1-3H3/t9-/m0/s1. The Labute approximate surface area is 112 Å². The maximum Gasteiger partial charge on any atom is 0.265 e. The first-order chi connectivity index (χ1) is 8.43. The summed E-state index contributed by atoms with van der Waals surface area (Å²) in [5.41, 5.74) is 8.26. The number of amides is 1. The Hall–Kier alpha value is -0.940. The number of rotatable bonds is 2. The van der Waals surface area contributed by atoms with Crippen LogP contribution in [0.1, 0.15) is 42.6 Å². The zero-order valence-corrected chi connectivity index (χ0v) is 12.1. The number of carbonyl (C=O) groups excluding carboxylic acids is 1. The summed E-state index contributed by atoms with van der Waals surface area (Å²) < 4.78 is 0. The summed E-state index contributed by atoms with van der Waals surface area (Å²) in [6.07, 6.45) is 1.02. The minimum Gasteiger partial charge on any atom is -0.338 e. The van der Waals surface area contributed by atoms with E-state index in [1.54, 1.807) is 5.51 Å². The number of hydrogen-bond donors (Lipinski definition) is 1. The third-order valence-electron chi connectivity index (χ3n) is 3.38. The molecule has 1 aliphatic rings. The van der Waals surface area contributed by atoms with E-state index in [0.29, 0.717) is 12.5 Å². The molecule has 1 atom stereocenters. The Morgan fingerprint density at radius 3 is 2.89 bits per heavy atom. The van der Waals surface area contributed by atoms with E-state index in [0.717, 1.165) is 30.1 Å². The fourth-order valence-electron chi connectivity index (χ4n) is 2.29. The zero-order valence-electron chi connectivity index (χ0n) is 11.3. The third kappa shape index (κ3) is 2.57. The summed E-state index contributed by atoms with van der Waals surface area (Å²) in [7, 11) is 0. The topological polar surface area (TPSA) is 59.2 Å². The maximum absolute atomic E-state index is 12.5. The van der Waals surface area contributed by atoms with Crippen LogP contribution in [0.3, 0.4) is 0 Å². The van der Waals surface area contributed by atoms with Crippen LogP contribution in [0.2, 0.25) is 0 Å². The molecule has 1 amide bonds. The van der Waals surface area contributed by atoms with E-state index in [2.05, 4.69) is 25.8 Å². The van der Waals surface area contributed by atoms with Crippen molar-refractivity contribution in [3.8, 4) is 0 Å². The molecule has 4 nitrogen and oxygen atoms in total. The molecular formula is C13H21N3OS. The van der Waals surface area contributed by atoms with Crippen LogP contribution in [-0.4, -0.2) is 35.4 Å². The van der Waals surface area contributed by atoms with Gasteiger partial charge in [-0.2, -0.15) is 0 Å². The molecule has 1 aromatic heterocycles. The van der Waals surface area contributed by atoms with Gasteiger partial charge in [-0.1, -0.05) is 20.8 Å². The molecular weight excluding hydrogens is 246 g/mol. The smallest absolute Gasteiger partial charge is 0.265 e. The molecule has 0 aromatic carbocycles. The lowest BCUT2D eigenvalue weighted by Crippen LogP contribution is -2.31. The second-order valence-corrected chi connectivity index (χ2v) is 6.78. The van der Waals surface area contributed by atoms with Gasteiger partial charge in [-0.25, -0.2) is 4.98 Å². The van der Waals surface area contributed by atoms with Crippen molar-refractivity contribution < 1.29 is 4.79 Å². The van der Waals surface area contributed by atoms with E-state index in [9.17, 15) is 4.79 Å². The van der Waals surface area contributed by atoms with Crippen LogP contribution in [0.25, 0.3) is 0 Å². The van der Waals surface area contributed by atoms with Crippen molar-refractivity contribution in [3.63, 3.8) is 0 Å². The minimum absolute atomic E-state index is 0.0853. The number of nitrogens with two attached hydrogens (primary N) is 1. The second kappa shape index (κ2) is 4.97. The van der Waals surface area contributed by atoms with Gasteiger partial charge in [-0.15, -0.1) is 11.3 Å². The number of nitrogens with zero attached hydrogens (tertiary/aromatic N) is 2. The minimum atomic E-state index is -0.0853. The Morgan fingerprint density at radius 2 is 2.33 bits per heavy atom. The van der Waals surface area contributed by atoms with Crippen LogP contribution in [0, 0.1) is 5.92 Å². The SMILES string of the molecule is CC(C)(C)c1ncsc1C(=O)N1CC[C@@H](CN)C1. The van der Waals surface area contributed by atoms with Crippen LogP contribution in [0.4, 0.5) is 0 Å². The molecule has 0 saturated carbocycles. The van der Waals surface area contributed by atoms with E-state index >= 15 is 0 Å². The monoisotopic (exact) mass is 267 g/mol. The number of aromatic nitrogens is 1. The van der Waals surface area contributed by atoms with E-state index in [1.807, 2.05) is 4.90 Å².